The molecule has 2 heterocycles. The zero-order valence-electron chi connectivity index (χ0n) is 11.9. The number of nitrogens with zero attached hydrogens (tertiary/aromatic N) is 2. The predicted octanol–water partition coefficient (Wildman–Crippen LogP) is 1.64. The predicted molar refractivity (Wildman–Crippen MR) is 76.1 cm³/mol. The molecule has 0 saturated carbocycles. The van der Waals surface area contributed by atoms with Crippen LogP contribution in [0.5, 0.6) is 0 Å². The van der Waals surface area contributed by atoms with Gasteiger partial charge in [0.2, 0.25) is 0 Å². The summed E-state index contributed by atoms with van der Waals surface area (Å²) >= 11 is 0. The Morgan fingerprint density at radius 2 is 1.91 bits per heavy atom. The minimum absolute atomic E-state index is 0.0913. The summed E-state index contributed by atoms with van der Waals surface area (Å²) in [6, 6.07) is 3.98. The number of benzene rings is 1. The van der Waals surface area contributed by atoms with E-state index in [1.807, 2.05) is 4.90 Å². The van der Waals surface area contributed by atoms with E-state index in [1.165, 1.54) is 12.1 Å². The Bertz CT molecular complexity index is 601. The second-order valence-electron chi connectivity index (χ2n) is 5.36. The zero-order valence-corrected chi connectivity index (χ0v) is 11.9. The van der Waals surface area contributed by atoms with Crippen molar-refractivity contribution in [3.8, 4) is 0 Å². The van der Waals surface area contributed by atoms with E-state index in [2.05, 4.69) is 0 Å². The Morgan fingerprint density at radius 1 is 1.27 bits per heavy atom. The molecular weight excluding hydrogens is 292 g/mol. The number of nitro groups is 1. The molecule has 2 fully saturated rings. The number of carbonyl (C=O) groups is 1. The summed E-state index contributed by atoms with van der Waals surface area (Å²) < 4.78 is 11.3. The molecule has 0 radical (unpaired) electrons. The number of hydrogen-bond acceptors (Lipinski definition) is 6. The first kappa shape index (κ1) is 14.7. The molecule has 1 N–H and O–H groups in total. The number of carboxylic acids is 1. The number of hydrogen-bond donors (Lipinski definition) is 1. The van der Waals surface area contributed by atoms with Crippen LogP contribution in [0.15, 0.2) is 18.2 Å². The number of aromatic carboxylic acids is 1. The van der Waals surface area contributed by atoms with Crippen molar-refractivity contribution in [2.75, 3.05) is 31.2 Å². The van der Waals surface area contributed by atoms with Gasteiger partial charge in [0, 0.05) is 32.0 Å². The van der Waals surface area contributed by atoms with E-state index in [1.54, 1.807) is 0 Å². The van der Waals surface area contributed by atoms with Crippen LogP contribution < -0.4 is 4.90 Å². The number of piperidine rings is 1. The Labute approximate surface area is 126 Å². The highest BCUT2D eigenvalue weighted by atomic mass is 16.7. The molecule has 2 saturated heterocycles. The third-order valence-electron chi connectivity index (χ3n) is 4.10. The lowest BCUT2D eigenvalue weighted by atomic mass is 10.0. The number of anilines is 1. The van der Waals surface area contributed by atoms with Crippen molar-refractivity contribution < 1.29 is 24.3 Å². The normalized spacial score (nSPS) is 20.3. The second kappa shape index (κ2) is 5.54. The van der Waals surface area contributed by atoms with Gasteiger partial charge in [0.1, 0.15) is 5.69 Å². The van der Waals surface area contributed by atoms with E-state index in [0.717, 1.165) is 6.07 Å². The molecule has 0 aliphatic carbocycles. The zero-order chi connectivity index (χ0) is 15.7. The maximum absolute atomic E-state index is 11.2. The van der Waals surface area contributed by atoms with E-state index in [9.17, 15) is 14.9 Å². The van der Waals surface area contributed by atoms with Gasteiger partial charge in [-0.05, 0) is 12.1 Å². The molecule has 8 nitrogen and oxygen atoms in total. The Balaban J connectivity index is 1.83. The number of nitro benzene ring substituents is 1. The van der Waals surface area contributed by atoms with Crippen molar-refractivity contribution in [1.82, 2.24) is 0 Å². The summed E-state index contributed by atoms with van der Waals surface area (Å²) in [5.74, 6) is -1.73. The van der Waals surface area contributed by atoms with Gasteiger partial charge in [-0.1, -0.05) is 0 Å². The molecule has 1 aromatic rings. The molecule has 3 rings (SSSR count). The van der Waals surface area contributed by atoms with Crippen LogP contribution in [0.25, 0.3) is 0 Å². The van der Waals surface area contributed by atoms with Gasteiger partial charge < -0.3 is 19.5 Å². The summed E-state index contributed by atoms with van der Waals surface area (Å²) in [6.45, 7) is 2.28. The highest BCUT2D eigenvalue weighted by molar-refractivity contribution is 5.89. The van der Waals surface area contributed by atoms with Crippen molar-refractivity contribution in [2.24, 2.45) is 0 Å². The van der Waals surface area contributed by atoms with E-state index in [0.29, 0.717) is 44.8 Å². The molecule has 22 heavy (non-hydrogen) atoms. The monoisotopic (exact) mass is 308 g/mol. The van der Waals surface area contributed by atoms with Gasteiger partial charge in [-0.2, -0.15) is 0 Å². The van der Waals surface area contributed by atoms with E-state index < -0.39 is 16.7 Å². The smallest absolute Gasteiger partial charge is 0.335 e. The summed E-state index contributed by atoms with van der Waals surface area (Å²) in [4.78, 5) is 23.5. The summed E-state index contributed by atoms with van der Waals surface area (Å²) in [5.41, 5.74) is 0.151. The van der Waals surface area contributed by atoms with E-state index in [-0.39, 0.29) is 11.3 Å². The number of rotatable bonds is 3. The van der Waals surface area contributed by atoms with Crippen molar-refractivity contribution in [3.63, 3.8) is 0 Å². The molecular formula is C14H16N2O6. The van der Waals surface area contributed by atoms with Gasteiger partial charge in [-0.25, -0.2) is 4.79 Å². The second-order valence-corrected chi connectivity index (χ2v) is 5.36. The van der Waals surface area contributed by atoms with Crippen LogP contribution in [0.4, 0.5) is 11.4 Å². The maximum Gasteiger partial charge on any atom is 0.335 e. The van der Waals surface area contributed by atoms with Crippen molar-refractivity contribution in [3.05, 3.63) is 33.9 Å². The molecule has 0 aromatic heterocycles. The molecule has 1 aromatic carbocycles. The minimum atomic E-state index is -1.18. The van der Waals surface area contributed by atoms with Gasteiger partial charge in [0.15, 0.2) is 5.79 Å². The highest BCUT2D eigenvalue weighted by Crippen LogP contribution is 2.36. The maximum atomic E-state index is 11.2. The van der Waals surface area contributed by atoms with Gasteiger partial charge in [0.05, 0.1) is 23.7 Å². The van der Waals surface area contributed by atoms with Gasteiger partial charge in [-0.15, -0.1) is 0 Å². The lowest BCUT2D eigenvalue weighted by molar-refractivity contribution is -0.384. The molecule has 2 aliphatic rings. The Kier molecular flexibility index (Phi) is 3.71. The van der Waals surface area contributed by atoms with Crippen LogP contribution >= 0.6 is 0 Å². The SMILES string of the molecule is O=C(O)c1ccc(N2CCC3(CC2)OCCO3)c([N+](=O)[O-])c1. The summed E-state index contributed by atoms with van der Waals surface area (Å²) in [7, 11) is 0. The molecule has 0 bridgehead atoms. The average Bonchev–Trinajstić information content (AvgIpc) is 2.95. The fourth-order valence-electron chi connectivity index (χ4n) is 2.94. The van der Waals surface area contributed by atoms with Crippen molar-refractivity contribution in [1.29, 1.82) is 0 Å². The fourth-order valence-corrected chi connectivity index (χ4v) is 2.94. The van der Waals surface area contributed by atoms with E-state index in [4.69, 9.17) is 14.6 Å². The summed E-state index contributed by atoms with van der Waals surface area (Å²) in [5, 5.41) is 20.2. The first-order valence-electron chi connectivity index (χ1n) is 7.05. The molecule has 0 atom stereocenters. The van der Waals surface area contributed by atoms with Crippen LogP contribution in [0.2, 0.25) is 0 Å². The molecule has 8 heteroatoms. The van der Waals surface area contributed by atoms with Crippen LogP contribution in [0.1, 0.15) is 23.2 Å². The first-order chi connectivity index (χ1) is 10.5. The van der Waals surface area contributed by atoms with Crippen LogP contribution in [0.3, 0.4) is 0 Å². The van der Waals surface area contributed by atoms with E-state index >= 15 is 0 Å². The molecule has 2 aliphatic heterocycles. The van der Waals surface area contributed by atoms with Gasteiger partial charge >= 0.3 is 5.97 Å². The highest BCUT2D eigenvalue weighted by Gasteiger charge is 2.40. The van der Waals surface area contributed by atoms with Gasteiger partial charge in [0.25, 0.3) is 5.69 Å². The lowest BCUT2D eigenvalue weighted by Gasteiger charge is -2.38. The third-order valence-corrected chi connectivity index (χ3v) is 4.10. The van der Waals surface area contributed by atoms with Crippen molar-refractivity contribution in [2.45, 2.75) is 18.6 Å². The topological polar surface area (TPSA) is 102 Å². The number of carboxylic acid groups (broad SMARTS) is 1. The number of ether oxygens (including phenoxy) is 2. The lowest BCUT2D eigenvalue weighted by Crippen LogP contribution is -2.45. The van der Waals surface area contributed by atoms with Crippen molar-refractivity contribution >= 4 is 17.3 Å². The minimum Gasteiger partial charge on any atom is -0.478 e. The largest absolute Gasteiger partial charge is 0.478 e. The Hall–Kier alpha value is -2.19. The molecule has 0 unspecified atom stereocenters. The molecule has 1 spiro atoms. The quantitative estimate of drug-likeness (QED) is 0.668. The third kappa shape index (κ3) is 2.62. The fraction of sp³-hybridized carbons (Fsp3) is 0.500. The van der Waals surface area contributed by atoms with Crippen LogP contribution in [-0.4, -0.2) is 48.1 Å². The van der Waals surface area contributed by atoms with Crippen LogP contribution in [0, 0.1) is 10.1 Å². The average molecular weight is 308 g/mol. The van der Waals surface area contributed by atoms with Gasteiger partial charge in [-0.3, -0.25) is 10.1 Å². The molecule has 118 valence electrons. The standard InChI is InChI=1S/C14H16N2O6/c17-13(18)10-1-2-11(12(9-10)16(19)20)15-5-3-14(4-6-15)21-7-8-22-14/h1-2,9H,3-8H2,(H,17,18). The van der Waals surface area contributed by atoms with Crippen LogP contribution in [-0.2, 0) is 9.47 Å². The Morgan fingerprint density at radius 3 is 2.45 bits per heavy atom. The summed E-state index contributed by atoms with van der Waals surface area (Å²) in [6.07, 6.45) is 1.26. The first-order valence-corrected chi connectivity index (χ1v) is 7.05. The molecule has 0 amide bonds.